The van der Waals surface area contributed by atoms with Gasteiger partial charge in [0, 0.05) is 12.1 Å². The zero-order chi connectivity index (χ0) is 21.9. The number of methoxy groups -OCH3 is 1. The maximum absolute atomic E-state index is 13.0. The van der Waals surface area contributed by atoms with E-state index < -0.39 is 28.4 Å². The van der Waals surface area contributed by atoms with E-state index in [1.807, 2.05) is 25.1 Å². The number of hydrogen-bond donors (Lipinski definition) is 1. The highest BCUT2D eigenvalue weighted by Crippen LogP contribution is 2.35. The van der Waals surface area contributed by atoms with Crippen LogP contribution in [0.1, 0.15) is 30.5 Å². The van der Waals surface area contributed by atoms with Gasteiger partial charge in [0.25, 0.3) is 15.9 Å². The summed E-state index contributed by atoms with van der Waals surface area (Å²) in [6.07, 6.45) is 0.823. The van der Waals surface area contributed by atoms with Crippen LogP contribution in [0.2, 0.25) is 0 Å². The van der Waals surface area contributed by atoms with Crippen LogP contribution in [0.25, 0.3) is 4.91 Å². The van der Waals surface area contributed by atoms with E-state index in [0.29, 0.717) is 15.6 Å². The molecule has 8 heteroatoms. The third-order valence-corrected chi connectivity index (χ3v) is 6.90. The van der Waals surface area contributed by atoms with E-state index in [4.69, 9.17) is 4.74 Å². The molecule has 2 aromatic rings. The summed E-state index contributed by atoms with van der Waals surface area (Å²) >= 11 is 0. The Balaban J connectivity index is 1.73. The standard InChI is InChI=1S/C22H24N2O5S/c1-4-16-8-10-18(11-9-16)21-15(2)22(26)24(30(21,27)28)14-20(25)23-13-17-6-5-7-19(12-17)29-3/h5-12H,4,13-14H2,1-3H3,(H,23,25). The van der Waals surface area contributed by atoms with Gasteiger partial charge in [-0.15, -0.1) is 0 Å². The number of rotatable bonds is 7. The quantitative estimate of drug-likeness (QED) is 0.731. The highest BCUT2D eigenvalue weighted by atomic mass is 32.2. The molecule has 1 aliphatic rings. The van der Waals surface area contributed by atoms with Crippen molar-refractivity contribution in [3.63, 3.8) is 0 Å². The maximum atomic E-state index is 13.0. The smallest absolute Gasteiger partial charge is 0.268 e. The third-order valence-electron chi connectivity index (χ3n) is 4.97. The monoisotopic (exact) mass is 428 g/mol. The number of carbonyl (C=O) groups is 2. The van der Waals surface area contributed by atoms with Crippen molar-refractivity contribution in [3.8, 4) is 5.75 Å². The molecule has 0 fully saturated rings. The van der Waals surface area contributed by atoms with Crippen LogP contribution in [0.4, 0.5) is 0 Å². The van der Waals surface area contributed by atoms with Gasteiger partial charge in [-0.05, 0) is 42.2 Å². The van der Waals surface area contributed by atoms with Crippen LogP contribution in [0.3, 0.4) is 0 Å². The van der Waals surface area contributed by atoms with E-state index in [-0.39, 0.29) is 17.0 Å². The summed E-state index contributed by atoms with van der Waals surface area (Å²) in [5.41, 5.74) is 2.41. The molecule has 1 N–H and O–H groups in total. The average molecular weight is 429 g/mol. The number of aryl methyl sites for hydroxylation is 1. The van der Waals surface area contributed by atoms with Gasteiger partial charge in [-0.2, -0.15) is 0 Å². The number of nitrogens with one attached hydrogen (secondary N) is 1. The van der Waals surface area contributed by atoms with E-state index in [9.17, 15) is 18.0 Å². The van der Waals surface area contributed by atoms with Crippen LogP contribution >= 0.6 is 0 Å². The fourth-order valence-corrected chi connectivity index (χ4v) is 5.05. The molecular weight excluding hydrogens is 404 g/mol. The summed E-state index contributed by atoms with van der Waals surface area (Å²) in [4.78, 5) is 24.9. The lowest BCUT2D eigenvalue weighted by molar-refractivity contribution is -0.128. The molecule has 0 aromatic heterocycles. The molecule has 2 amide bonds. The third kappa shape index (κ3) is 4.23. The number of amides is 2. The fourth-order valence-electron chi connectivity index (χ4n) is 3.28. The lowest BCUT2D eigenvalue weighted by atomic mass is 10.1. The first-order chi connectivity index (χ1) is 14.3. The number of ether oxygens (including phenoxy) is 1. The Labute approximate surface area is 176 Å². The average Bonchev–Trinajstić information content (AvgIpc) is 2.91. The molecule has 1 aliphatic heterocycles. The zero-order valence-corrected chi connectivity index (χ0v) is 18.0. The molecule has 30 heavy (non-hydrogen) atoms. The Morgan fingerprint density at radius 3 is 2.43 bits per heavy atom. The van der Waals surface area contributed by atoms with Gasteiger partial charge in [0.15, 0.2) is 0 Å². The van der Waals surface area contributed by atoms with Crippen molar-refractivity contribution >= 4 is 26.7 Å². The van der Waals surface area contributed by atoms with Crippen LogP contribution < -0.4 is 10.1 Å². The van der Waals surface area contributed by atoms with Crippen molar-refractivity contribution in [2.45, 2.75) is 26.8 Å². The largest absolute Gasteiger partial charge is 0.497 e. The topological polar surface area (TPSA) is 92.8 Å². The number of benzene rings is 2. The first-order valence-corrected chi connectivity index (χ1v) is 11.0. The van der Waals surface area contributed by atoms with Crippen LogP contribution in [0.15, 0.2) is 54.1 Å². The Kier molecular flexibility index (Phi) is 6.26. The minimum Gasteiger partial charge on any atom is -0.497 e. The van der Waals surface area contributed by atoms with Gasteiger partial charge in [0.2, 0.25) is 5.91 Å². The van der Waals surface area contributed by atoms with E-state index >= 15 is 0 Å². The predicted octanol–water partition coefficient (Wildman–Crippen LogP) is 2.48. The normalized spacial score (nSPS) is 15.4. The lowest BCUT2D eigenvalue weighted by Crippen LogP contribution is -2.40. The van der Waals surface area contributed by atoms with Gasteiger partial charge in [-0.1, -0.05) is 43.3 Å². The van der Waals surface area contributed by atoms with Crippen molar-refractivity contribution in [1.82, 2.24) is 9.62 Å². The molecule has 0 atom stereocenters. The van der Waals surface area contributed by atoms with E-state index in [2.05, 4.69) is 5.32 Å². The van der Waals surface area contributed by atoms with Gasteiger partial charge in [0.05, 0.1) is 7.11 Å². The molecule has 0 aliphatic carbocycles. The Bertz CT molecular complexity index is 1100. The van der Waals surface area contributed by atoms with Crippen LogP contribution in [0, 0.1) is 0 Å². The van der Waals surface area contributed by atoms with Gasteiger partial charge in [0.1, 0.15) is 17.2 Å². The zero-order valence-electron chi connectivity index (χ0n) is 17.1. The molecule has 0 bridgehead atoms. The predicted molar refractivity (Wildman–Crippen MR) is 114 cm³/mol. The van der Waals surface area contributed by atoms with E-state index in [1.165, 1.54) is 6.92 Å². The molecule has 0 spiro atoms. The summed E-state index contributed by atoms with van der Waals surface area (Å²) in [6, 6.07) is 14.2. The van der Waals surface area contributed by atoms with Crippen molar-refractivity contribution in [2.75, 3.05) is 13.7 Å². The van der Waals surface area contributed by atoms with E-state index in [0.717, 1.165) is 17.5 Å². The molecule has 1 heterocycles. The fraction of sp³-hybridized carbons (Fsp3) is 0.273. The van der Waals surface area contributed by atoms with Crippen LogP contribution in [-0.2, 0) is 32.6 Å². The second-order valence-electron chi connectivity index (χ2n) is 6.95. The number of hydrogen-bond acceptors (Lipinski definition) is 5. The minimum atomic E-state index is -4.10. The summed E-state index contributed by atoms with van der Waals surface area (Å²) in [5.74, 6) is -0.594. The highest BCUT2D eigenvalue weighted by Gasteiger charge is 2.43. The van der Waals surface area contributed by atoms with Gasteiger partial charge in [-0.3, -0.25) is 9.59 Å². The first kappa shape index (κ1) is 21.6. The second kappa shape index (κ2) is 8.71. The van der Waals surface area contributed by atoms with Crippen LogP contribution in [0.5, 0.6) is 5.75 Å². The second-order valence-corrected chi connectivity index (χ2v) is 8.75. The molecule has 2 aromatic carbocycles. The first-order valence-electron chi connectivity index (χ1n) is 9.54. The van der Waals surface area contributed by atoms with Crippen molar-refractivity contribution in [1.29, 1.82) is 0 Å². The summed E-state index contributed by atoms with van der Waals surface area (Å²) in [7, 11) is -2.56. The molecule has 3 rings (SSSR count). The Morgan fingerprint density at radius 1 is 1.10 bits per heavy atom. The highest BCUT2D eigenvalue weighted by molar-refractivity contribution is 7.99. The van der Waals surface area contributed by atoms with Gasteiger partial charge >= 0.3 is 0 Å². The lowest BCUT2D eigenvalue weighted by Gasteiger charge is -2.16. The summed E-state index contributed by atoms with van der Waals surface area (Å²) in [6.45, 7) is 3.09. The summed E-state index contributed by atoms with van der Waals surface area (Å²) < 4.78 is 31.8. The molecule has 7 nitrogen and oxygen atoms in total. The van der Waals surface area contributed by atoms with Crippen molar-refractivity contribution in [3.05, 3.63) is 70.8 Å². The number of carbonyl (C=O) groups excluding carboxylic acids is 2. The molecule has 0 saturated heterocycles. The summed E-state index contributed by atoms with van der Waals surface area (Å²) in [5, 5.41) is 2.65. The van der Waals surface area contributed by atoms with Gasteiger partial charge < -0.3 is 10.1 Å². The van der Waals surface area contributed by atoms with Crippen molar-refractivity contribution in [2.24, 2.45) is 0 Å². The van der Waals surface area contributed by atoms with Crippen molar-refractivity contribution < 1.29 is 22.7 Å². The molecule has 0 saturated carbocycles. The van der Waals surface area contributed by atoms with Crippen LogP contribution in [-0.4, -0.2) is 38.2 Å². The molecular formula is C22H24N2O5S. The molecule has 0 radical (unpaired) electrons. The number of nitrogens with zero attached hydrogens (tertiary/aromatic N) is 1. The molecule has 158 valence electrons. The van der Waals surface area contributed by atoms with E-state index in [1.54, 1.807) is 37.4 Å². The minimum absolute atomic E-state index is 0.0456. The Morgan fingerprint density at radius 2 is 1.80 bits per heavy atom. The SMILES string of the molecule is CCc1ccc(C2=C(C)C(=O)N(CC(=O)NCc3cccc(OC)c3)S2(=O)=O)cc1. The maximum Gasteiger partial charge on any atom is 0.268 e. The Hall–Kier alpha value is -3.13. The van der Waals surface area contributed by atoms with Gasteiger partial charge in [-0.25, -0.2) is 12.7 Å². The number of sulfonamides is 1. The molecule has 0 unspecified atom stereocenters.